The molecule has 2 N–H and O–H groups in total. The van der Waals surface area contributed by atoms with Gasteiger partial charge in [-0.2, -0.15) is 0 Å². The topological polar surface area (TPSA) is 52.8 Å². The summed E-state index contributed by atoms with van der Waals surface area (Å²) in [7, 11) is 0. The zero-order valence-electron chi connectivity index (χ0n) is 9.69. The highest BCUT2D eigenvalue weighted by atomic mass is 16.3. The largest absolute Gasteiger partial charge is 0.507 e. The lowest BCUT2D eigenvalue weighted by molar-refractivity contribution is 0.283. The Labute approximate surface area is 96.5 Å². The zero-order valence-corrected chi connectivity index (χ0v) is 9.69. The molecule has 88 valence electrons. The number of rotatable bonds is 6. The summed E-state index contributed by atoms with van der Waals surface area (Å²) in [6.07, 6.45) is 2.81. The fraction of sp³-hybridized carbons (Fsp3) is 0.462. The Bertz CT molecular complexity index is 348. The van der Waals surface area contributed by atoms with Crippen LogP contribution >= 0.6 is 0 Å². The molecule has 0 aromatic heterocycles. The lowest BCUT2D eigenvalue weighted by Gasteiger charge is -2.03. The summed E-state index contributed by atoms with van der Waals surface area (Å²) >= 11 is 0. The molecule has 1 aromatic rings. The number of aliphatic hydroxyl groups is 1. The van der Waals surface area contributed by atoms with E-state index >= 15 is 0 Å². The Hall–Kier alpha value is -1.35. The summed E-state index contributed by atoms with van der Waals surface area (Å²) in [5.74, 6) is 0.277. The number of unbranched alkanes of at least 4 members (excludes halogenated alkanes) is 2. The highest BCUT2D eigenvalue weighted by molar-refractivity contribution is 6.00. The maximum atomic E-state index is 9.61. The molecular formula is C13H19NO2. The SMILES string of the molecule is CC(=NCCCCCO)c1ccccc1O. The van der Waals surface area contributed by atoms with Gasteiger partial charge in [-0.1, -0.05) is 12.1 Å². The molecule has 0 fully saturated rings. The van der Waals surface area contributed by atoms with E-state index in [2.05, 4.69) is 4.99 Å². The van der Waals surface area contributed by atoms with Crippen molar-refractivity contribution in [3.05, 3.63) is 29.8 Å². The molecule has 3 heteroatoms. The minimum absolute atomic E-state index is 0.252. The number of hydrogen-bond donors (Lipinski definition) is 2. The van der Waals surface area contributed by atoms with Crippen LogP contribution in [0.15, 0.2) is 29.3 Å². The molecule has 16 heavy (non-hydrogen) atoms. The van der Waals surface area contributed by atoms with Gasteiger partial charge in [0.2, 0.25) is 0 Å². The first-order valence-corrected chi connectivity index (χ1v) is 5.66. The number of para-hydroxylation sites is 1. The summed E-state index contributed by atoms with van der Waals surface area (Å²) in [5, 5.41) is 18.2. The second-order valence-corrected chi connectivity index (χ2v) is 3.77. The van der Waals surface area contributed by atoms with Gasteiger partial charge in [0.05, 0.1) is 0 Å². The van der Waals surface area contributed by atoms with E-state index in [9.17, 15) is 5.11 Å². The van der Waals surface area contributed by atoms with Gasteiger partial charge in [-0.25, -0.2) is 0 Å². The smallest absolute Gasteiger partial charge is 0.124 e. The maximum Gasteiger partial charge on any atom is 0.124 e. The second kappa shape index (κ2) is 7.01. The van der Waals surface area contributed by atoms with Crippen LogP contribution < -0.4 is 0 Å². The van der Waals surface area contributed by atoms with Gasteiger partial charge in [-0.15, -0.1) is 0 Å². The van der Waals surface area contributed by atoms with Gasteiger partial charge in [-0.3, -0.25) is 4.99 Å². The van der Waals surface area contributed by atoms with Crippen molar-refractivity contribution in [2.24, 2.45) is 4.99 Å². The van der Waals surface area contributed by atoms with E-state index in [1.165, 1.54) is 0 Å². The third-order valence-electron chi connectivity index (χ3n) is 2.46. The van der Waals surface area contributed by atoms with Gasteiger partial charge in [0.1, 0.15) is 5.75 Å². The van der Waals surface area contributed by atoms with Crippen molar-refractivity contribution in [3.8, 4) is 5.75 Å². The van der Waals surface area contributed by atoms with Crippen LogP contribution in [0.2, 0.25) is 0 Å². The van der Waals surface area contributed by atoms with Crippen molar-refractivity contribution < 1.29 is 10.2 Å². The van der Waals surface area contributed by atoms with Crippen LogP contribution in [0.4, 0.5) is 0 Å². The van der Waals surface area contributed by atoms with Crippen LogP contribution in [0.25, 0.3) is 0 Å². The average Bonchev–Trinajstić information content (AvgIpc) is 2.29. The predicted octanol–water partition coefficient (Wildman–Crippen LogP) is 2.36. The first kappa shape index (κ1) is 12.7. The molecule has 0 aliphatic rings. The molecule has 0 aliphatic carbocycles. The van der Waals surface area contributed by atoms with E-state index in [0.717, 1.165) is 37.1 Å². The predicted molar refractivity (Wildman–Crippen MR) is 66.1 cm³/mol. The fourth-order valence-electron chi connectivity index (χ4n) is 1.51. The van der Waals surface area contributed by atoms with Gasteiger partial charge in [0, 0.05) is 24.4 Å². The summed E-state index contributed by atoms with van der Waals surface area (Å²) in [6.45, 7) is 2.91. The second-order valence-electron chi connectivity index (χ2n) is 3.77. The monoisotopic (exact) mass is 221 g/mol. The summed E-state index contributed by atoms with van der Waals surface area (Å²) in [4.78, 5) is 4.40. The van der Waals surface area contributed by atoms with Gasteiger partial charge in [0.15, 0.2) is 0 Å². The Morgan fingerprint density at radius 3 is 2.62 bits per heavy atom. The van der Waals surface area contributed by atoms with Crippen LogP contribution in [-0.4, -0.2) is 29.1 Å². The van der Waals surface area contributed by atoms with E-state index in [4.69, 9.17) is 5.11 Å². The lowest BCUT2D eigenvalue weighted by Crippen LogP contribution is -1.97. The van der Waals surface area contributed by atoms with E-state index in [1.54, 1.807) is 12.1 Å². The third-order valence-corrected chi connectivity index (χ3v) is 2.46. The first-order chi connectivity index (χ1) is 7.75. The Morgan fingerprint density at radius 1 is 1.19 bits per heavy atom. The molecule has 1 aromatic carbocycles. The minimum Gasteiger partial charge on any atom is -0.507 e. The molecule has 1 rings (SSSR count). The Morgan fingerprint density at radius 2 is 1.94 bits per heavy atom. The molecule has 0 bridgehead atoms. The van der Waals surface area contributed by atoms with E-state index in [0.29, 0.717) is 0 Å². The molecule has 0 amide bonds. The lowest BCUT2D eigenvalue weighted by atomic mass is 10.1. The molecule has 0 spiro atoms. The molecular weight excluding hydrogens is 202 g/mol. The molecule has 0 saturated carbocycles. The molecule has 0 atom stereocenters. The van der Waals surface area contributed by atoms with Crippen molar-refractivity contribution in [1.29, 1.82) is 0 Å². The summed E-state index contributed by atoms with van der Waals surface area (Å²) in [5.41, 5.74) is 1.66. The van der Waals surface area contributed by atoms with E-state index in [-0.39, 0.29) is 12.4 Å². The molecule has 0 aliphatic heterocycles. The van der Waals surface area contributed by atoms with Crippen molar-refractivity contribution in [2.45, 2.75) is 26.2 Å². The number of hydrogen-bond acceptors (Lipinski definition) is 3. The van der Waals surface area contributed by atoms with Gasteiger partial charge in [0.25, 0.3) is 0 Å². The van der Waals surface area contributed by atoms with E-state index in [1.807, 2.05) is 19.1 Å². The summed E-state index contributed by atoms with van der Waals surface area (Å²) in [6, 6.07) is 7.22. The quantitative estimate of drug-likeness (QED) is 0.572. The number of phenolic OH excluding ortho intramolecular Hbond substituents is 1. The highest BCUT2D eigenvalue weighted by Crippen LogP contribution is 2.16. The fourth-order valence-corrected chi connectivity index (χ4v) is 1.51. The number of aliphatic hydroxyl groups excluding tert-OH is 1. The van der Waals surface area contributed by atoms with Crippen molar-refractivity contribution >= 4 is 5.71 Å². The van der Waals surface area contributed by atoms with Crippen LogP contribution in [0, 0.1) is 0 Å². The molecule has 0 saturated heterocycles. The standard InChI is InChI=1S/C13H19NO2/c1-11(14-9-5-2-6-10-15)12-7-3-4-8-13(12)16/h3-4,7-8,15-16H,2,5-6,9-10H2,1H3. The van der Waals surface area contributed by atoms with Crippen LogP contribution in [0.5, 0.6) is 5.75 Å². The molecule has 0 radical (unpaired) electrons. The van der Waals surface area contributed by atoms with Crippen LogP contribution in [0.1, 0.15) is 31.7 Å². The Balaban J connectivity index is 2.47. The Kier molecular flexibility index (Phi) is 5.57. The number of aliphatic imine (C=N–C) groups is 1. The molecule has 3 nitrogen and oxygen atoms in total. The molecule has 0 unspecified atom stereocenters. The van der Waals surface area contributed by atoms with Crippen molar-refractivity contribution in [2.75, 3.05) is 13.2 Å². The number of benzene rings is 1. The van der Waals surface area contributed by atoms with Gasteiger partial charge >= 0.3 is 0 Å². The third kappa shape index (κ3) is 4.03. The highest BCUT2D eigenvalue weighted by Gasteiger charge is 2.01. The zero-order chi connectivity index (χ0) is 11.8. The van der Waals surface area contributed by atoms with Gasteiger partial charge in [-0.05, 0) is 38.3 Å². The average molecular weight is 221 g/mol. The minimum atomic E-state index is 0.252. The number of aromatic hydroxyl groups is 1. The first-order valence-electron chi connectivity index (χ1n) is 5.66. The van der Waals surface area contributed by atoms with Crippen molar-refractivity contribution in [1.82, 2.24) is 0 Å². The van der Waals surface area contributed by atoms with E-state index < -0.39 is 0 Å². The van der Waals surface area contributed by atoms with Gasteiger partial charge < -0.3 is 10.2 Å². The summed E-state index contributed by atoms with van der Waals surface area (Å²) < 4.78 is 0. The number of phenols is 1. The van der Waals surface area contributed by atoms with Crippen molar-refractivity contribution in [3.63, 3.8) is 0 Å². The van der Waals surface area contributed by atoms with Crippen LogP contribution in [0.3, 0.4) is 0 Å². The normalized spacial score (nSPS) is 11.8. The number of nitrogens with zero attached hydrogens (tertiary/aromatic N) is 1. The van der Waals surface area contributed by atoms with Crippen LogP contribution in [-0.2, 0) is 0 Å². The molecule has 0 heterocycles. The maximum absolute atomic E-state index is 9.61.